The van der Waals surface area contributed by atoms with Crippen molar-refractivity contribution in [3.8, 4) is 0 Å². The highest BCUT2D eigenvalue weighted by molar-refractivity contribution is 8.13. The molecule has 0 aromatic rings. The SMILES string of the molecule is CC(C)OCCOCC1(CS(=O)(=O)Cl)CCCCCC1. The van der Waals surface area contributed by atoms with Crippen LogP contribution in [0.15, 0.2) is 0 Å². The number of hydrogen-bond acceptors (Lipinski definition) is 4. The Morgan fingerprint density at radius 3 is 2.20 bits per heavy atom. The molecule has 0 aromatic heterocycles. The molecule has 1 saturated carbocycles. The van der Waals surface area contributed by atoms with Crippen LogP contribution in [0.5, 0.6) is 0 Å². The second kappa shape index (κ2) is 8.57. The van der Waals surface area contributed by atoms with Crippen molar-refractivity contribution in [1.82, 2.24) is 0 Å². The first-order valence-corrected chi connectivity index (χ1v) is 9.93. The molecule has 0 unspecified atom stereocenters. The van der Waals surface area contributed by atoms with Crippen LogP contribution in [0.4, 0.5) is 0 Å². The van der Waals surface area contributed by atoms with Gasteiger partial charge in [0.05, 0.1) is 31.7 Å². The summed E-state index contributed by atoms with van der Waals surface area (Å²) < 4.78 is 34.1. The predicted molar refractivity (Wildman–Crippen MR) is 81.7 cm³/mol. The van der Waals surface area contributed by atoms with Crippen LogP contribution >= 0.6 is 10.7 Å². The first-order chi connectivity index (χ1) is 9.33. The molecule has 0 saturated heterocycles. The van der Waals surface area contributed by atoms with E-state index in [1.54, 1.807) is 0 Å². The lowest BCUT2D eigenvalue weighted by atomic mass is 9.83. The second-order valence-corrected chi connectivity index (χ2v) is 8.85. The summed E-state index contributed by atoms with van der Waals surface area (Å²) in [4.78, 5) is 0. The first kappa shape index (κ1) is 18.2. The Labute approximate surface area is 127 Å². The summed E-state index contributed by atoms with van der Waals surface area (Å²) in [6.07, 6.45) is 6.39. The van der Waals surface area contributed by atoms with Crippen molar-refractivity contribution in [2.24, 2.45) is 5.41 Å². The molecule has 1 fully saturated rings. The summed E-state index contributed by atoms with van der Waals surface area (Å²) in [6, 6.07) is 0. The van der Waals surface area contributed by atoms with Gasteiger partial charge >= 0.3 is 0 Å². The minimum Gasteiger partial charge on any atom is -0.378 e. The maximum atomic E-state index is 11.5. The molecular formula is C14H27ClO4S. The Hall–Kier alpha value is 0.160. The van der Waals surface area contributed by atoms with Gasteiger partial charge in [0.15, 0.2) is 0 Å². The van der Waals surface area contributed by atoms with Crippen LogP contribution in [-0.2, 0) is 18.5 Å². The van der Waals surface area contributed by atoms with Crippen molar-refractivity contribution in [2.75, 3.05) is 25.6 Å². The van der Waals surface area contributed by atoms with Gasteiger partial charge in [-0.1, -0.05) is 25.7 Å². The summed E-state index contributed by atoms with van der Waals surface area (Å²) in [5.74, 6) is 0.0204. The van der Waals surface area contributed by atoms with E-state index < -0.39 is 9.05 Å². The molecule has 1 aliphatic carbocycles. The molecule has 1 rings (SSSR count). The predicted octanol–water partition coefficient (Wildman–Crippen LogP) is 3.34. The summed E-state index contributed by atoms with van der Waals surface area (Å²) in [5, 5.41) is 0. The summed E-state index contributed by atoms with van der Waals surface area (Å²) in [7, 11) is 1.99. The van der Waals surface area contributed by atoms with E-state index >= 15 is 0 Å². The second-order valence-electron chi connectivity index (χ2n) is 6.07. The molecule has 1 aliphatic rings. The number of rotatable bonds is 8. The zero-order valence-electron chi connectivity index (χ0n) is 12.6. The fraction of sp³-hybridized carbons (Fsp3) is 1.00. The molecule has 0 heterocycles. The average molecular weight is 327 g/mol. The third kappa shape index (κ3) is 7.81. The lowest BCUT2D eigenvalue weighted by Gasteiger charge is -2.31. The normalized spacial score (nSPS) is 20.0. The van der Waals surface area contributed by atoms with E-state index in [0.29, 0.717) is 19.8 Å². The molecule has 0 bridgehead atoms. The van der Waals surface area contributed by atoms with E-state index in [-0.39, 0.29) is 17.3 Å². The van der Waals surface area contributed by atoms with Crippen molar-refractivity contribution < 1.29 is 17.9 Å². The van der Waals surface area contributed by atoms with Crippen molar-refractivity contribution in [2.45, 2.75) is 58.5 Å². The first-order valence-electron chi connectivity index (χ1n) is 7.45. The van der Waals surface area contributed by atoms with Crippen LogP contribution in [0.25, 0.3) is 0 Å². The maximum Gasteiger partial charge on any atom is 0.233 e. The van der Waals surface area contributed by atoms with Gasteiger partial charge in [-0.25, -0.2) is 8.42 Å². The standard InChI is InChI=1S/C14H27ClO4S/c1-13(2)19-10-9-18-11-14(12-20(15,16)17)7-5-3-4-6-8-14/h13H,3-12H2,1-2H3. The summed E-state index contributed by atoms with van der Waals surface area (Å²) in [5.41, 5.74) is -0.311. The highest BCUT2D eigenvalue weighted by Crippen LogP contribution is 2.37. The van der Waals surface area contributed by atoms with Gasteiger partial charge in [-0.05, 0) is 26.7 Å². The van der Waals surface area contributed by atoms with Gasteiger partial charge in [0.25, 0.3) is 0 Å². The van der Waals surface area contributed by atoms with Crippen molar-refractivity contribution >= 4 is 19.7 Å². The number of hydrogen-bond donors (Lipinski definition) is 0. The lowest BCUT2D eigenvalue weighted by Crippen LogP contribution is -2.33. The zero-order chi connectivity index (χ0) is 15.1. The van der Waals surface area contributed by atoms with Gasteiger partial charge in [0.1, 0.15) is 0 Å². The molecule has 6 heteroatoms. The molecule has 0 N–H and O–H groups in total. The van der Waals surface area contributed by atoms with Crippen LogP contribution in [-0.4, -0.2) is 40.1 Å². The molecule has 0 spiro atoms. The molecule has 0 radical (unpaired) electrons. The van der Waals surface area contributed by atoms with Gasteiger partial charge in [-0.15, -0.1) is 0 Å². The van der Waals surface area contributed by atoms with Crippen molar-refractivity contribution in [1.29, 1.82) is 0 Å². The highest BCUT2D eigenvalue weighted by Gasteiger charge is 2.35. The Kier molecular flexibility index (Phi) is 7.80. The third-order valence-corrected chi connectivity index (χ3v) is 5.01. The molecule has 0 aromatic carbocycles. The van der Waals surface area contributed by atoms with E-state index in [4.69, 9.17) is 20.2 Å². The van der Waals surface area contributed by atoms with Gasteiger partial charge < -0.3 is 9.47 Å². The minimum absolute atomic E-state index is 0.0204. The lowest BCUT2D eigenvalue weighted by molar-refractivity contribution is -0.00965. The Morgan fingerprint density at radius 1 is 1.10 bits per heavy atom. The van der Waals surface area contributed by atoms with Crippen LogP contribution < -0.4 is 0 Å². The highest BCUT2D eigenvalue weighted by atomic mass is 35.7. The van der Waals surface area contributed by atoms with E-state index in [9.17, 15) is 8.42 Å². The molecule has 20 heavy (non-hydrogen) atoms. The molecule has 0 aliphatic heterocycles. The monoisotopic (exact) mass is 326 g/mol. The minimum atomic E-state index is -3.49. The Balaban J connectivity index is 2.49. The van der Waals surface area contributed by atoms with E-state index in [1.165, 1.54) is 12.8 Å². The van der Waals surface area contributed by atoms with E-state index in [0.717, 1.165) is 25.7 Å². The largest absolute Gasteiger partial charge is 0.378 e. The smallest absolute Gasteiger partial charge is 0.233 e. The van der Waals surface area contributed by atoms with Gasteiger partial charge in [-0.3, -0.25) is 0 Å². The fourth-order valence-corrected chi connectivity index (χ4v) is 4.60. The van der Waals surface area contributed by atoms with Crippen molar-refractivity contribution in [3.63, 3.8) is 0 Å². The molecule has 4 nitrogen and oxygen atoms in total. The maximum absolute atomic E-state index is 11.5. The van der Waals surface area contributed by atoms with Crippen molar-refractivity contribution in [3.05, 3.63) is 0 Å². The van der Waals surface area contributed by atoms with Crippen LogP contribution in [0.2, 0.25) is 0 Å². The molecule has 0 atom stereocenters. The van der Waals surface area contributed by atoms with Gasteiger partial charge in [-0.2, -0.15) is 0 Å². The quantitative estimate of drug-likeness (QED) is 0.390. The third-order valence-electron chi connectivity index (χ3n) is 3.73. The number of ether oxygens (including phenoxy) is 2. The van der Waals surface area contributed by atoms with E-state index in [2.05, 4.69) is 0 Å². The van der Waals surface area contributed by atoms with Crippen LogP contribution in [0, 0.1) is 5.41 Å². The Morgan fingerprint density at radius 2 is 1.70 bits per heavy atom. The summed E-state index contributed by atoms with van der Waals surface area (Å²) in [6.45, 7) is 5.46. The fourth-order valence-electron chi connectivity index (χ4n) is 2.81. The zero-order valence-corrected chi connectivity index (χ0v) is 14.1. The van der Waals surface area contributed by atoms with Gasteiger partial charge in [0.2, 0.25) is 9.05 Å². The van der Waals surface area contributed by atoms with E-state index in [1.807, 2.05) is 13.8 Å². The molecule has 120 valence electrons. The van der Waals surface area contributed by atoms with Gasteiger partial charge in [0, 0.05) is 16.1 Å². The van der Waals surface area contributed by atoms with Crippen LogP contribution in [0.3, 0.4) is 0 Å². The molecule has 0 amide bonds. The average Bonchev–Trinajstić information content (AvgIpc) is 2.52. The topological polar surface area (TPSA) is 52.6 Å². The Bertz CT molecular complexity index is 359. The summed E-state index contributed by atoms with van der Waals surface area (Å²) >= 11 is 0. The molecular weight excluding hydrogens is 300 g/mol. The van der Waals surface area contributed by atoms with Crippen LogP contribution in [0.1, 0.15) is 52.4 Å². The number of halogens is 1.